The highest BCUT2D eigenvalue weighted by Crippen LogP contribution is 2.44. The number of aliphatic hydroxyl groups is 4. The van der Waals surface area contributed by atoms with Gasteiger partial charge in [0.1, 0.15) is 53.2 Å². The third-order valence-electron chi connectivity index (χ3n) is 5.19. The SMILES string of the molecule is OC[C@H]1O[C@@H](OC2=Cc3c(O)cc(O)cc3OC2c2ccc(O)cc2)[C@H](O)[C@@H](O)[C@H]1O. The van der Waals surface area contributed by atoms with Gasteiger partial charge < -0.3 is 50.0 Å². The van der Waals surface area contributed by atoms with E-state index in [1.54, 1.807) is 12.1 Å². The molecular formula is C21H22O10. The van der Waals surface area contributed by atoms with Gasteiger partial charge in [-0.25, -0.2) is 0 Å². The highest BCUT2D eigenvalue weighted by atomic mass is 16.7. The minimum absolute atomic E-state index is 0.0237. The van der Waals surface area contributed by atoms with E-state index in [2.05, 4.69) is 0 Å². The average molecular weight is 434 g/mol. The van der Waals surface area contributed by atoms with Gasteiger partial charge >= 0.3 is 0 Å². The molecule has 4 rings (SSSR count). The Morgan fingerprint density at radius 2 is 1.58 bits per heavy atom. The second-order valence-electron chi connectivity index (χ2n) is 7.33. The van der Waals surface area contributed by atoms with Gasteiger partial charge in [-0.15, -0.1) is 0 Å². The Morgan fingerprint density at radius 1 is 0.871 bits per heavy atom. The fourth-order valence-electron chi connectivity index (χ4n) is 3.52. The van der Waals surface area contributed by atoms with Crippen LogP contribution in [0.2, 0.25) is 0 Å². The highest BCUT2D eigenvalue weighted by molar-refractivity contribution is 5.69. The van der Waals surface area contributed by atoms with Gasteiger partial charge in [0.15, 0.2) is 6.10 Å². The van der Waals surface area contributed by atoms with Gasteiger partial charge in [0.2, 0.25) is 6.29 Å². The van der Waals surface area contributed by atoms with E-state index in [1.807, 2.05) is 0 Å². The third-order valence-corrected chi connectivity index (χ3v) is 5.19. The Hall–Kier alpha value is -3.02. The van der Waals surface area contributed by atoms with E-state index in [9.17, 15) is 35.7 Å². The van der Waals surface area contributed by atoms with Crippen LogP contribution < -0.4 is 4.74 Å². The lowest BCUT2D eigenvalue weighted by Gasteiger charge is -2.41. The molecule has 2 aromatic carbocycles. The number of rotatable bonds is 4. The molecule has 0 saturated carbocycles. The number of hydrogen-bond donors (Lipinski definition) is 7. The standard InChI is InChI=1S/C21H22O10/c22-8-16-17(26)18(27)19(28)21(31-16)30-15-7-12-13(25)5-11(24)6-14(12)29-20(15)9-1-3-10(23)4-2-9/h1-7,16-28H,8H2/t16-,17+,18+,19-,20?,21-/m1/s1. The summed E-state index contributed by atoms with van der Waals surface area (Å²) >= 11 is 0. The van der Waals surface area contributed by atoms with Crippen molar-refractivity contribution in [1.29, 1.82) is 0 Å². The smallest absolute Gasteiger partial charge is 0.228 e. The van der Waals surface area contributed by atoms with Crippen LogP contribution in [0.5, 0.6) is 23.0 Å². The van der Waals surface area contributed by atoms with Crippen molar-refractivity contribution in [2.24, 2.45) is 0 Å². The normalized spacial score (nSPS) is 30.1. The van der Waals surface area contributed by atoms with Gasteiger partial charge in [-0.05, 0) is 18.2 Å². The number of phenolic OH excluding ortho intramolecular Hbond substituents is 3. The van der Waals surface area contributed by atoms with E-state index in [0.717, 1.165) is 6.07 Å². The van der Waals surface area contributed by atoms with Crippen LogP contribution in [0.1, 0.15) is 17.2 Å². The summed E-state index contributed by atoms with van der Waals surface area (Å²) < 4.78 is 17.1. The molecule has 10 heteroatoms. The monoisotopic (exact) mass is 434 g/mol. The quantitative estimate of drug-likeness (QED) is 0.350. The van der Waals surface area contributed by atoms with E-state index in [4.69, 9.17) is 14.2 Å². The Bertz CT molecular complexity index is 971. The van der Waals surface area contributed by atoms with E-state index in [1.165, 1.54) is 24.3 Å². The number of ether oxygens (including phenoxy) is 3. The molecule has 0 amide bonds. The molecule has 1 unspecified atom stereocenters. The first-order valence-corrected chi connectivity index (χ1v) is 9.49. The maximum Gasteiger partial charge on any atom is 0.228 e. The third kappa shape index (κ3) is 3.99. The van der Waals surface area contributed by atoms with Crippen molar-refractivity contribution in [1.82, 2.24) is 0 Å². The van der Waals surface area contributed by atoms with Crippen LogP contribution in [0.25, 0.3) is 6.08 Å². The van der Waals surface area contributed by atoms with Gasteiger partial charge in [-0.1, -0.05) is 12.1 Å². The molecule has 1 saturated heterocycles. The minimum atomic E-state index is -1.64. The summed E-state index contributed by atoms with van der Waals surface area (Å²) in [6.45, 7) is -0.620. The topological polar surface area (TPSA) is 169 Å². The summed E-state index contributed by atoms with van der Waals surface area (Å²) in [4.78, 5) is 0. The Kier molecular flexibility index (Phi) is 5.65. The van der Waals surface area contributed by atoms with Crippen LogP contribution in [0.4, 0.5) is 0 Å². The van der Waals surface area contributed by atoms with Crippen LogP contribution in [-0.4, -0.2) is 73.1 Å². The zero-order chi connectivity index (χ0) is 22.3. The average Bonchev–Trinajstić information content (AvgIpc) is 2.74. The second kappa shape index (κ2) is 8.25. The van der Waals surface area contributed by atoms with Gasteiger partial charge in [0.25, 0.3) is 0 Å². The summed E-state index contributed by atoms with van der Waals surface area (Å²) in [6, 6.07) is 8.42. The molecule has 2 aromatic rings. The Morgan fingerprint density at radius 3 is 2.26 bits per heavy atom. The number of aliphatic hydroxyl groups excluding tert-OH is 4. The van der Waals surface area contributed by atoms with Gasteiger partial charge in [0, 0.05) is 17.7 Å². The molecule has 0 radical (unpaired) electrons. The van der Waals surface area contributed by atoms with Gasteiger partial charge in [-0.3, -0.25) is 0 Å². The van der Waals surface area contributed by atoms with Crippen molar-refractivity contribution >= 4 is 6.08 Å². The van der Waals surface area contributed by atoms with Crippen molar-refractivity contribution in [2.75, 3.05) is 6.61 Å². The highest BCUT2D eigenvalue weighted by Gasteiger charge is 2.45. The molecule has 31 heavy (non-hydrogen) atoms. The lowest BCUT2D eigenvalue weighted by atomic mass is 9.98. The Balaban J connectivity index is 1.72. The molecule has 0 aliphatic carbocycles. The molecule has 0 bridgehead atoms. The fourth-order valence-corrected chi connectivity index (χ4v) is 3.52. The maximum absolute atomic E-state index is 10.3. The molecule has 6 atom stereocenters. The van der Waals surface area contributed by atoms with Crippen molar-refractivity contribution in [2.45, 2.75) is 36.8 Å². The predicted molar refractivity (Wildman–Crippen MR) is 104 cm³/mol. The van der Waals surface area contributed by atoms with E-state index in [-0.39, 0.29) is 34.3 Å². The lowest BCUT2D eigenvalue weighted by molar-refractivity contribution is -0.293. The molecule has 2 heterocycles. The van der Waals surface area contributed by atoms with Crippen LogP contribution >= 0.6 is 0 Å². The second-order valence-corrected chi connectivity index (χ2v) is 7.33. The first-order valence-electron chi connectivity index (χ1n) is 9.49. The molecule has 166 valence electrons. The van der Waals surface area contributed by atoms with Crippen LogP contribution in [0.15, 0.2) is 42.2 Å². The summed E-state index contributed by atoms with van der Waals surface area (Å²) in [5.41, 5.74) is 0.731. The zero-order valence-electron chi connectivity index (χ0n) is 16.1. The molecule has 7 N–H and O–H groups in total. The van der Waals surface area contributed by atoms with Crippen LogP contribution in [0.3, 0.4) is 0 Å². The maximum atomic E-state index is 10.3. The van der Waals surface area contributed by atoms with Crippen molar-refractivity contribution in [3.05, 3.63) is 53.3 Å². The number of hydrogen-bond acceptors (Lipinski definition) is 10. The molecule has 0 spiro atoms. The molecule has 2 aliphatic rings. The molecular weight excluding hydrogens is 412 g/mol. The van der Waals surface area contributed by atoms with Crippen LogP contribution in [-0.2, 0) is 9.47 Å². The van der Waals surface area contributed by atoms with Crippen molar-refractivity contribution < 1.29 is 50.0 Å². The molecule has 10 nitrogen and oxygen atoms in total. The predicted octanol–water partition coefficient (Wildman–Crippen LogP) is 0.0945. The first-order chi connectivity index (χ1) is 14.8. The summed E-state index contributed by atoms with van der Waals surface area (Å²) in [7, 11) is 0. The number of aromatic hydroxyl groups is 3. The minimum Gasteiger partial charge on any atom is -0.508 e. The molecule has 2 aliphatic heterocycles. The summed E-state index contributed by atoms with van der Waals surface area (Å²) in [6.07, 6.45) is -6.96. The number of fused-ring (bicyclic) bond motifs is 1. The van der Waals surface area contributed by atoms with Crippen LogP contribution in [0, 0.1) is 0 Å². The Labute approximate surface area is 176 Å². The summed E-state index contributed by atoms with van der Waals surface area (Å²) in [5.74, 6) is -0.239. The largest absolute Gasteiger partial charge is 0.508 e. The molecule has 0 aromatic heterocycles. The van der Waals surface area contributed by atoms with Gasteiger partial charge in [0.05, 0.1) is 12.2 Å². The van der Waals surface area contributed by atoms with Crippen molar-refractivity contribution in [3.8, 4) is 23.0 Å². The summed E-state index contributed by atoms with van der Waals surface area (Å²) in [5, 5.41) is 69.2. The molecule has 1 fully saturated rings. The van der Waals surface area contributed by atoms with Gasteiger partial charge in [-0.2, -0.15) is 0 Å². The van der Waals surface area contributed by atoms with E-state index in [0.29, 0.717) is 5.56 Å². The lowest BCUT2D eigenvalue weighted by Crippen LogP contribution is -2.59. The fraction of sp³-hybridized carbons (Fsp3) is 0.333. The van der Waals surface area contributed by atoms with Crippen molar-refractivity contribution in [3.63, 3.8) is 0 Å². The zero-order valence-corrected chi connectivity index (χ0v) is 16.1. The first kappa shape index (κ1) is 21.2. The number of benzene rings is 2. The van der Waals surface area contributed by atoms with E-state index >= 15 is 0 Å². The number of phenols is 3. The van der Waals surface area contributed by atoms with E-state index < -0.39 is 43.4 Å².